The van der Waals surface area contributed by atoms with E-state index in [1.807, 2.05) is 30.3 Å². The van der Waals surface area contributed by atoms with E-state index >= 15 is 0 Å². The lowest BCUT2D eigenvalue weighted by Crippen LogP contribution is -2.07. The van der Waals surface area contributed by atoms with Gasteiger partial charge in [-0.05, 0) is 6.92 Å². The van der Waals surface area contributed by atoms with Gasteiger partial charge in [0.2, 0.25) is 0 Å². The van der Waals surface area contributed by atoms with Crippen LogP contribution in [0.25, 0.3) is 0 Å². The predicted molar refractivity (Wildman–Crippen MR) is 81.3 cm³/mol. The zero-order chi connectivity index (χ0) is 14.5. The van der Waals surface area contributed by atoms with Crippen molar-refractivity contribution in [1.29, 1.82) is 0 Å². The minimum absolute atomic E-state index is 0.118. The molecule has 0 fully saturated rings. The number of hydrogen-bond donors (Lipinski definition) is 0. The molecular formula is C15H19N3OS. The van der Waals surface area contributed by atoms with Crippen LogP contribution in [0.2, 0.25) is 0 Å². The van der Waals surface area contributed by atoms with Crippen LogP contribution in [0.5, 0.6) is 0 Å². The largest absolute Gasteiger partial charge is 0.306 e. The van der Waals surface area contributed by atoms with Gasteiger partial charge in [0.1, 0.15) is 5.82 Å². The Bertz CT molecular complexity index is 578. The highest BCUT2D eigenvalue weighted by atomic mass is 32.2. The van der Waals surface area contributed by atoms with Crippen molar-refractivity contribution in [3.63, 3.8) is 0 Å². The van der Waals surface area contributed by atoms with Crippen LogP contribution in [0.15, 0.2) is 35.5 Å². The van der Waals surface area contributed by atoms with Crippen molar-refractivity contribution in [3.05, 3.63) is 41.7 Å². The second-order valence-corrected chi connectivity index (χ2v) is 5.76. The lowest BCUT2D eigenvalue weighted by atomic mass is 10.2. The maximum Gasteiger partial charge on any atom is 0.191 e. The summed E-state index contributed by atoms with van der Waals surface area (Å²) in [4.78, 5) is 12.1. The van der Waals surface area contributed by atoms with Crippen molar-refractivity contribution >= 4 is 17.5 Å². The van der Waals surface area contributed by atoms with E-state index in [2.05, 4.69) is 35.5 Å². The van der Waals surface area contributed by atoms with Gasteiger partial charge < -0.3 is 4.57 Å². The molecule has 0 spiro atoms. The Labute approximate surface area is 123 Å². The molecule has 0 aliphatic heterocycles. The Kier molecular flexibility index (Phi) is 4.95. The van der Waals surface area contributed by atoms with Crippen molar-refractivity contribution in [2.45, 2.75) is 38.4 Å². The number of benzene rings is 1. The third kappa shape index (κ3) is 3.28. The quantitative estimate of drug-likeness (QED) is 0.604. The molecule has 106 valence electrons. The molecule has 20 heavy (non-hydrogen) atoms. The van der Waals surface area contributed by atoms with Crippen LogP contribution < -0.4 is 0 Å². The maximum atomic E-state index is 12.1. The Balaban J connectivity index is 2.06. The number of aromatic nitrogens is 3. The fraction of sp³-hybridized carbons (Fsp3) is 0.400. The van der Waals surface area contributed by atoms with Gasteiger partial charge in [-0.3, -0.25) is 4.79 Å². The molecule has 2 rings (SSSR count). The molecule has 0 bridgehead atoms. The van der Waals surface area contributed by atoms with Gasteiger partial charge in [0, 0.05) is 18.0 Å². The van der Waals surface area contributed by atoms with E-state index in [1.165, 1.54) is 11.8 Å². The number of rotatable bonds is 6. The summed E-state index contributed by atoms with van der Waals surface area (Å²) in [5.41, 5.74) is 0.742. The normalized spacial score (nSPS) is 11.0. The molecule has 2 aromatic rings. The van der Waals surface area contributed by atoms with Crippen LogP contribution in [0.3, 0.4) is 0 Å². The fourth-order valence-corrected chi connectivity index (χ4v) is 2.87. The van der Waals surface area contributed by atoms with Crippen LogP contribution >= 0.6 is 11.8 Å². The molecule has 1 heterocycles. The number of carbonyl (C=O) groups is 1. The van der Waals surface area contributed by atoms with Crippen molar-refractivity contribution in [2.24, 2.45) is 0 Å². The van der Waals surface area contributed by atoms with E-state index in [0.29, 0.717) is 11.7 Å². The van der Waals surface area contributed by atoms with Gasteiger partial charge in [0.05, 0.1) is 5.75 Å². The van der Waals surface area contributed by atoms with Crippen molar-refractivity contribution in [3.8, 4) is 0 Å². The monoisotopic (exact) mass is 289 g/mol. The Morgan fingerprint density at radius 3 is 2.55 bits per heavy atom. The van der Waals surface area contributed by atoms with Crippen LogP contribution in [0, 0.1) is 0 Å². The summed E-state index contributed by atoms with van der Waals surface area (Å²) in [5, 5.41) is 9.24. The van der Waals surface area contributed by atoms with Gasteiger partial charge in [-0.25, -0.2) is 0 Å². The molecule has 1 aromatic carbocycles. The summed E-state index contributed by atoms with van der Waals surface area (Å²) in [6.07, 6.45) is 0. The molecule has 4 nitrogen and oxygen atoms in total. The molecule has 0 aliphatic carbocycles. The standard InChI is InChI=1S/C15H19N3OS/c1-4-18-14(11(2)3)16-17-15(18)20-10-13(19)12-8-6-5-7-9-12/h5-9,11H,4,10H2,1-3H3. The Morgan fingerprint density at radius 1 is 1.25 bits per heavy atom. The van der Waals surface area contributed by atoms with Crippen LogP contribution in [0.4, 0.5) is 0 Å². The second-order valence-electron chi connectivity index (χ2n) is 4.82. The van der Waals surface area contributed by atoms with E-state index in [9.17, 15) is 4.79 Å². The van der Waals surface area contributed by atoms with E-state index in [1.54, 1.807) is 0 Å². The molecule has 0 N–H and O–H groups in total. The Morgan fingerprint density at radius 2 is 1.95 bits per heavy atom. The molecule has 0 saturated carbocycles. The van der Waals surface area contributed by atoms with Crippen molar-refractivity contribution < 1.29 is 4.79 Å². The minimum atomic E-state index is 0.118. The average molecular weight is 289 g/mol. The van der Waals surface area contributed by atoms with Gasteiger partial charge in [-0.2, -0.15) is 0 Å². The van der Waals surface area contributed by atoms with Crippen molar-refractivity contribution in [2.75, 3.05) is 5.75 Å². The second kappa shape index (κ2) is 6.70. The molecule has 0 saturated heterocycles. The zero-order valence-electron chi connectivity index (χ0n) is 12.0. The first kappa shape index (κ1) is 14.8. The summed E-state index contributed by atoms with van der Waals surface area (Å²) in [7, 11) is 0. The molecule has 1 aromatic heterocycles. The SMILES string of the molecule is CCn1c(SCC(=O)c2ccccc2)nnc1C(C)C. The summed E-state index contributed by atoms with van der Waals surface area (Å²) in [5.74, 6) is 1.82. The highest BCUT2D eigenvalue weighted by Crippen LogP contribution is 2.22. The minimum Gasteiger partial charge on any atom is -0.306 e. The molecule has 0 aliphatic rings. The van der Waals surface area contributed by atoms with Crippen LogP contribution in [-0.4, -0.2) is 26.3 Å². The topological polar surface area (TPSA) is 47.8 Å². The van der Waals surface area contributed by atoms with E-state index in [0.717, 1.165) is 23.1 Å². The molecule has 0 radical (unpaired) electrons. The molecule has 0 unspecified atom stereocenters. The maximum absolute atomic E-state index is 12.1. The van der Waals surface area contributed by atoms with Gasteiger partial charge in [0.15, 0.2) is 10.9 Å². The van der Waals surface area contributed by atoms with E-state index in [4.69, 9.17) is 0 Å². The molecule has 0 atom stereocenters. The summed E-state index contributed by atoms with van der Waals surface area (Å²) >= 11 is 1.45. The highest BCUT2D eigenvalue weighted by molar-refractivity contribution is 7.99. The molecule has 0 amide bonds. The summed E-state index contributed by atoms with van der Waals surface area (Å²) in [6.45, 7) is 7.08. The molecular weight excluding hydrogens is 270 g/mol. The van der Waals surface area contributed by atoms with Gasteiger partial charge in [-0.1, -0.05) is 55.9 Å². The predicted octanol–water partition coefficient (Wildman–Crippen LogP) is 3.40. The summed E-state index contributed by atoms with van der Waals surface area (Å²) in [6, 6.07) is 9.35. The number of thioether (sulfide) groups is 1. The number of Topliss-reactive ketones (excluding diaryl/α,β-unsaturated/α-hetero) is 1. The highest BCUT2D eigenvalue weighted by Gasteiger charge is 2.15. The Hall–Kier alpha value is -1.62. The number of nitrogens with zero attached hydrogens (tertiary/aromatic N) is 3. The van der Waals surface area contributed by atoms with Gasteiger partial charge in [-0.15, -0.1) is 10.2 Å². The summed E-state index contributed by atoms with van der Waals surface area (Å²) < 4.78 is 2.08. The molecule has 5 heteroatoms. The van der Waals surface area contributed by atoms with E-state index < -0.39 is 0 Å². The first-order valence-corrected chi connectivity index (χ1v) is 7.76. The van der Waals surface area contributed by atoms with E-state index in [-0.39, 0.29) is 5.78 Å². The lowest BCUT2D eigenvalue weighted by Gasteiger charge is -2.08. The fourth-order valence-electron chi connectivity index (χ4n) is 1.97. The van der Waals surface area contributed by atoms with Crippen LogP contribution in [0.1, 0.15) is 42.9 Å². The van der Waals surface area contributed by atoms with Gasteiger partial charge in [0.25, 0.3) is 0 Å². The smallest absolute Gasteiger partial charge is 0.191 e. The lowest BCUT2D eigenvalue weighted by molar-refractivity contribution is 0.102. The van der Waals surface area contributed by atoms with Crippen LogP contribution in [-0.2, 0) is 6.54 Å². The number of ketones is 1. The average Bonchev–Trinajstić information content (AvgIpc) is 2.88. The van der Waals surface area contributed by atoms with Gasteiger partial charge >= 0.3 is 0 Å². The first-order chi connectivity index (χ1) is 9.63. The number of hydrogen-bond acceptors (Lipinski definition) is 4. The first-order valence-electron chi connectivity index (χ1n) is 6.77. The zero-order valence-corrected chi connectivity index (χ0v) is 12.9. The van der Waals surface area contributed by atoms with Crippen molar-refractivity contribution in [1.82, 2.24) is 14.8 Å². The number of carbonyl (C=O) groups excluding carboxylic acids is 1. The third-order valence-corrected chi connectivity index (χ3v) is 3.97. The third-order valence-electron chi connectivity index (χ3n) is 3.01.